The van der Waals surface area contributed by atoms with E-state index in [9.17, 15) is 5.11 Å². The van der Waals surface area contributed by atoms with Crippen LogP contribution in [0.25, 0.3) is 0 Å². The summed E-state index contributed by atoms with van der Waals surface area (Å²) in [5.41, 5.74) is -0.448. The summed E-state index contributed by atoms with van der Waals surface area (Å²) in [5, 5.41) is 25.6. The summed E-state index contributed by atoms with van der Waals surface area (Å²) < 4.78 is 1.94. The van der Waals surface area contributed by atoms with Crippen molar-refractivity contribution < 1.29 is 5.11 Å². The van der Waals surface area contributed by atoms with Crippen molar-refractivity contribution in [3.05, 3.63) is 24.0 Å². The number of aromatic amines is 1. The molecular formula is C14H23N7O. The van der Waals surface area contributed by atoms with Crippen LogP contribution in [0, 0.1) is 0 Å². The highest BCUT2D eigenvalue weighted by Crippen LogP contribution is 2.30. The van der Waals surface area contributed by atoms with Gasteiger partial charge in [-0.05, 0) is 40.2 Å². The summed E-state index contributed by atoms with van der Waals surface area (Å²) in [7, 11) is 0. The van der Waals surface area contributed by atoms with Crippen LogP contribution < -0.4 is 0 Å². The summed E-state index contributed by atoms with van der Waals surface area (Å²) in [6.07, 6.45) is 4.80. The molecule has 0 radical (unpaired) electrons. The Bertz CT molecular complexity index is 615. The molecule has 1 aliphatic rings. The van der Waals surface area contributed by atoms with Crippen molar-refractivity contribution in [2.75, 3.05) is 13.1 Å². The number of H-pyrrole nitrogens is 1. The van der Waals surface area contributed by atoms with Gasteiger partial charge in [0.25, 0.3) is 0 Å². The van der Waals surface area contributed by atoms with E-state index < -0.39 is 5.60 Å². The highest BCUT2D eigenvalue weighted by Gasteiger charge is 2.37. The first-order chi connectivity index (χ1) is 10.4. The number of rotatable bonds is 3. The van der Waals surface area contributed by atoms with E-state index in [1.54, 1.807) is 12.5 Å². The molecule has 2 aromatic rings. The third kappa shape index (κ3) is 2.89. The van der Waals surface area contributed by atoms with E-state index in [0.29, 0.717) is 25.2 Å². The zero-order valence-electron chi connectivity index (χ0n) is 13.3. The van der Waals surface area contributed by atoms with Gasteiger partial charge in [0.15, 0.2) is 0 Å². The SMILES string of the molecule is CC(C)(C)n1ncnc1CN1CCC[C@@](O)(c2cn[nH]n2)C1. The van der Waals surface area contributed by atoms with Crippen molar-refractivity contribution in [2.24, 2.45) is 0 Å². The average Bonchev–Trinajstić information content (AvgIpc) is 3.09. The third-order valence-electron chi connectivity index (χ3n) is 4.06. The standard InChI is InChI=1S/C14H23N7O/c1-13(2,3)21-12(15-10-17-21)8-20-6-4-5-14(22,9-20)11-7-16-19-18-11/h7,10,22H,4-6,8-9H2,1-3H3,(H,16,18,19)/t14-/m0/s1. The molecule has 2 aromatic heterocycles. The predicted molar refractivity (Wildman–Crippen MR) is 79.8 cm³/mol. The van der Waals surface area contributed by atoms with E-state index in [1.165, 1.54) is 0 Å². The van der Waals surface area contributed by atoms with Crippen LogP contribution >= 0.6 is 0 Å². The second-order valence-corrected chi connectivity index (χ2v) is 6.96. The minimum Gasteiger partial charge on any atom is -0.382 e. The molecule has 3 rings (SSSR count). The minimum atomic E-state index is -0.947. The fourth-order valence-electron chi connectivity index (χ4n) is 3.03. The molecule has 2 N–H and O–H groups in total. The molecule has 0 amide bonds. The maximum atomic E-state index is 10.9. The van der Waals surface area contributed by atoms with Crippen molar-refractivity contribution in [3.8, 4) is 0 Å². The Hall–Kier alpha value is -1.80. The van der Waals surface area contributed by atoms with Crippen LogP contribution in [0.2, 0.25) is 0 Å². The number of aromatic nitrogens is 6. The normalized spacial score (nSPS) is 23.8. The predicted octanol–water partition coefficient (Wildman–Crippen LogP) is 0.635. The van der Waals surface area contributed by atoms with Crippen molar-refractivity contribution in [3.63, 3.8) is 0 Å². The van der Waals surface area contributed by atoms with Gasteiger partial charge < -0.3 is 5.11 Å². The van der Waals surface area contributed by atoms with Crippen molar-refractivity contribution in [2.45, 2.75) is 51.3 Å². The van der Waals surface area contributed by atoms with Crippen LogP contribution in [0.5, 0.6) is 0 Å². The quantitative estimate of drug-likeness (QED) is 0.864. The van der Waals surface area contributed by atoms with Crippen LogP contribution in [0.4, 0.5) is 0 Å². The number of β-amino-alcohol motifs (C(OH)–C–C–N with tert-alkyl or cyclic N) is 1. The van der Waals surface area contributed by atoms with Gasteiger partial charge in [-0.3, -0.25) is 4.90 Å². The Labute approximate surface area is 129 Å². The second-order valence-electron chi connectivity index (χ2n) is 6.96. The summed E-state index contributed by atoms with van der Waals surface area (Å²) in [6.45, 7) is 8.43. The summed E-state index contributed by atoms with van der Waals surface area (Å²) >= 11 is 0. The monoisotopic (exact) mass is 305 g/mol. The molecule has 0 spiro atoms. The summed E-state index contributed by atoms with van der Waals surface area (Å²) in [6, 6.07) is 0. The molecule has 0 aliphatic carbocycles. The number of nitrogens with one attached hydrogen (secondary N) is 1. The highest BCUT2D eigenvalue weighted by atomic mass is 16.3. The van der Waals surface area contributed by atoms with Gasteiger partial charge in [0.2, 0.25) is 0 Å². The van der Waals surface area contributed by atoms with Gasteiger partial charge in [0, 0.05) is 6.54 Å². The molecule has 1 fully saturated rings. The molecule has 0 saturated carbocycles. The highest BCUT2D eigenvalue weighted by molar-refractivity contribution is 5.09. The molecule has 0 unspecified atom stereocenters. The van der Waals surface area contributed by atoms with E-state index in [4.69, 9.17) is 0 Å². The van der Waals surface area contributed by atoms with Crippen LogP contribution in [-0.2, 0) is 17.7 Å². The van der Waals surface area contributed by atoms with Gasteiger partial charge in [-0.2, -0.15) is 20.5 Å². The molecule has 120 valence electrons. The van der Waals surface area contributed by atoms with Gasteiger partial charge in [-0.25, -0.2) is 9.67 Å². The minimum absolute atomic E-state index is 0.107. The smallest absolute Gasteiger partial charge is 0.141 e. The molecule has 8 nitrogen and oxygen atoms in total. The van der Waals surface area contributed by atoms with Crippen LogP contribution in [0.3, 0.4) is 0 Å². The first-order valence-electron chi connectivity index (χ1n) is 7.59. The molecule has 1 aliphatic heterocycles. The van der Waals surface area contributed by atoms with Gasteiger partial charge >= 0.3 is 0 Å². The molecule has 1 saturated heterocycles. The maximum Gasteiger partial charge on any atom is 0.141 e. The summed E-state index contributed by atoms with van der Waals surface area (Å²) in [4.78, 5) is 6.58. The Morgan fingerprint density at radius 1 is 1.41 bits per heavy atom. The van der Waals surface area contributed by atoms with Crippen molar-refractivity contribution in [1.29, 1.82) is 0 Å². The molecule has 0 bridgehead atoms. The van der Waals surface area contributed by atoms with Crippen LogP contribution in [-0.4, -0.2) is 53.3 Å². The van der Waals surface area contributed by atoms with E-state index >= 15 is 0 Å². The van der Waals surface area contributed by atoms with E-state index in [1.807, 2.05) is 4.68 Å². The zero-order chi connectivity index (χ0) is 15.8. The third-order valence-corrected chi connectivity index (χ3v) is 4.06. The lowest BCUT2D eigenvalue weighted by Gasteiger charge is -2.38. The number of nitrogens with zero attached hydrogens (tertiary/aromatic N) is 6. The van der Waals surface area contributed by atoms with E-state index in [2.05, 4.69) is 51.2 Å². The van der Waals surface area contributed by atoms with Gasteiger partial charge in [0.05, 0.1) is 18.3 Å². The van der Waals surface area contributed by atoms with Gasteiger partial charge in [0.1, 0.15) is 23.4 Å². The lowest BCUT2D eigenvalue weighted by molar-refractivity contribution is -0.0425. The number of aliphatic hydroxyl groups is 1. The number of likely N-dealkylation sites (tertiary alicyclic amines) is 1. The molecule has 22 heavy (non-hydrogen) atoms. The summed E-state index contributed by atoms with van der Waals surface area (Å²) in [5.74, 6) is 0.914. The Morgan fingerprint density at radius 3 is 2.91 bits per heavy atom. The molecule has 3 heterocycles. The Balaban J connectivity index is 1.75. The lowest BCUT2D eigenvalue weighted by atomic mass is 9.90. The van der Waals surface area contributed by atoms with E-state index in [-0.39, 0.29) is 5.54 Å². The van der Waals surface area contributed by atoms with E-state index in [0.717, 1.165) is 18.8 Å². The van der Waals surface area contributed by atoms with Crippen LogP contribution in [0.1, 0.15) is 45.1 Å². The van der Waals surface area contributed by atoms with Gasteiger partial charge in [-0.15, -0.1) is 0 Å². The Kier molecular flexibility index (Phi) is 3.73. The fourth-order valence-corrected chi connectivity index (χ4v) is 3.03. The van der Waals surface area contributed by atoms with Crippen molar-refractivity contribution >= 4 is 0 Å². The molecule has 0 aromatic carbocycles. The zero-order valence-corrected chi connectivity index (χ0v) is 13.3. The first-order valence-corrected chi connectivity index (χ1v) is 7.59. The first kappa shape index (κ1) is 15.1. The van der Waals surface area contributed by atoms with Crippen molar-refractivity contribution in [1.82, 2.24) is 35.1 Å². The topological polar surface area (TPSA) is 95.8 Å². The maximum absolute atomic E-state index is 10.9. The largest absolute Gasteiger partial charge is 0.382 e. The number of hydrogen-bond donors (Lipinski definition) is 2. The Morgan fingerprint density at radius 2 is 2.23 bits per heavy atom. The van der Waals surface area contributed by atoms with Gasteiger partial charge in [-0.1, -0.05) is 0 Å². The van der Waals surface area contributed by atoms with Crippen LogP contribution in [0.15, 0.2) is 12.5 Å². The number of piperidine rings is 1. The lowest BCUT2D eigenvalue weighted by Crippen LogP contribution is -2.46. The molecular weight excluding hydrogens is 282 g/mol. The molecule has 1 atom stereocenters. The second kappa shape index (κ2) is 5.44. The fraction of sp³-hybridized carbons (Fsp3) is 0.714. The number of hydrogen-bond acceptors (Lipinski definition) is 6. The average molecular weight is 305 g/mol. The molecule has 8 heteroatoms.